The first-order valence-electron chi connectivity index (χ1n) is 5.10. The Morgan fingerprint density at radius 1 is 1.43 bits per heavy atom. The highest BCUT2D eigenvalue weighted by Crippen LogP contribution is 2.37. The number of hydrogen-bond donors (Lipinski definition) is 0. The molecule has 1 aromatic rings. The van der Waals surface area contributed by atoms with Gasteiger partial charge in [-0.05, 0) is 49.9 Å². The van der Waals surface area contributed by atoms with Crippen LogP contribution in [0.15, 0.2) is 18.2 Å². The highest BCUT2D eigenvalue weighted by Gasteiger charge is 2.20. The van der Waals surface area contributed by atoms with Crippen molar-refractivity contribution >= 4 is 11.6 Å². The van der Waals surface area contributed by atoms with Gasteiger partial charge in [0.15, 0.2) is 0 Å². The third-order valence-corrected chi connectivity index (χ3v) is 2.95. The van der Waals surface area contributed by atoms with E-state index in [1.165, 1.54) is 11.1 Å². The number of hydrogen-bond acceptors (Lipinski definition) is 1. The summed E-state index contributed by atoms with van der Waals surface area (Å²) < 4.78 is 5.63. The van der Waals surface area contributed by atoms with Crippen molar-refractivity contribution in [3.8, 4) is 5.75 Å². The third-order valence-electron chi connectivity index (χ3n) is 2.49. The number of aryl methyl sites for hydroxylation is 1. The predicted octanol–water partition coefficient (Wildman–Crippen LogP) is 3.70. The molecule has 1 nitrogen and oxygen atoms in total. The molecule has 0 bridgehead atoms. The highest BCUT2D eigenvalue weighted by molar-refractivity contribution is 6.21. The average Bonchev–Trinajstić information content (AvgIpc) is 2.47. The van der Waals surface area contributed by atoms with Crippen molar-refractivity contribution in [2.75, 3.05) is 0 Å². The molecule has 0 saturated heterocycles. The zero-order valence-corrected chi connectivity index (χ0v) is 9.34. The Kier molecular flexibility index (Phi) is 2.69. The Morgan fingerprint density at radius 3 is 2.93 bits per heavy atom. The van der Waals surface area contributed by atoms with E-state index in [9.17, 15) is 0 Å². The second kappa shape index (κ2) is 3.82. The van der Waals surface area contributed by atoms with Gasteiger partial charge in [0.25, 0.3) is 0 Å². The summed E-state index contributed by atoms with van der Waals surface area (Å²) in [6.45, 7) is 4.07. The van der Waals surface area contributed by atoms with Crippen LogP contribution in [0.4, 0.5) is 0 Å². The molecule has 0 N–H and O–H groups in total. The fraction of sp³-hybridized carbons (Fsp3) is 0.500. The summed E-state index contributed by atoms with van der Waals surface area (Å²) in [4.78, 5) is 0. The van der Waals surface area contributed by atoms with Crippen LogP contribution in [0.2, 0.25) is 0 Å². The number of alkyl halides is 1. The first-order chi connectivity index (χ1) is 6.66. The van der Waals surface area contributed by atoms with Crippen LogP contribution in [0.3, 0.4) is 0 Å². The Balaban J connectivity index is 2.26. The molecule has 1 aliphatic rings. The number of halogens is 1. The first-order valence-corrected chi connectivity index (χ1v) is 5.54. The van der Waals surface area contributed by atoms with Gasteiger partial charge in [-0.15, -0.1) is 11.6 Å². The maximum atomic E-state index is 6.20. The lowest BCUT2D eigenvalue weighted by atomic mass is 10.1. The van der Waals surface area contributed by atoms with E-state index >= 15 is 0 Å². The molecule has 1 aromatic carbocycles. The van der Waals surface area contributed by atoms with Gasteiger partial charge in [-0.25, -0.2) is 0 Å². The van der Waals surface area contributed by atoms with Crippen LogP contribution in [0.25, 0.3) is 0 Å². The van der Waals surface area contributed by atoms with Crippen LogP contribution in [-0.4, -0.2) is 6.10 Å². The van der Waals surface area contributed by atoms with E-state index in [4.69, 9.17) is 16.3 Å². The minimum absolute atomic E-state index is 0.181. The third kappa shape index (κ3) is 1.88. The van der Waals surface area contributed by atoms with E-state index in [1.54, 1.807) is 0 Å². The number of rotatable bonds is 2. The van der Waals surface area contributed by atoms with Crippen molar-refractivity contribution in [2.45, 2.75) is 38.2 Å². The average molecular weight is 211 g/mol. The molecule has 0 spiro atoms. The van der Waals surface area contributed by atoms with Gasteiger partial charge in [-0.1, -0.05) is 6.07 Å². The standard InChI is InChI=1S/C12H15ClO/c1-8(2)14-10-5-3-9-4-6-12(13)11(9)7-10/h3,5,7-8,12H,4,6H2,1-2H3. The van der Waals surface area contributed by atoms with Crippen LogP contribution in [0.1, 0.15) is 36.8 Å². The van der Waals surface area contributed by atoms with Gasteiger partial charge in [-0.2, -0.15) is 0 Å². The Labute approximate surface area is 90.0 Å². The van der Waals surface area contributed by atoms with Crippen molar-refractivity contribution in [3.05, 3.63) is 29.3 Å². The maximum Gasteiger partial charge on any atom is 0.120 e. The molecule has 2 heteroatoms. The molecule has 0 fully saturated rings. The Morgan fingerprint density at radius 2 is 2.21 bits per heavy atom. The molecule has 0 saturated carbocycles. The van der Waals surface area contributed by atoms with Crippen LogP contribution in [0.5, 0.6) is 5.75 Å². The van der Waals surface area contributed by atoms with Crippen LogP contribution < -0.4 is 4.74 Å². The molecule has 1 unspecified atom stereocenters. The molecule has 0 amide bonds. The van der Waals surface area contributed by atoms with Gasteiger partial charge >= 0.3 is 0 Å². The van der Waals surface area contributed by atoms with Gasteiger partial charge in [-0.3, -0.25) is 0 Å². The van der Waals surface area contributed by atoms with Crippen LogP contribution in [0, 0.1) is 0 Å². The topological polar surface area (TPSA) is 9.23 Å². The molecule has 76 valence electrons. The summed E-state index contributed by atoms with van der Waals surface area (Å²) in [6, 6.07) is 6.25. The maximum absolute atomic E-state index is 6.20. The molecule has 1 atom stereocenters. The van der Waals surface area contributed by atoms with E-state index in [0.717, 1.165) is 18.6 Å². The SMILES string of the molecule is CC(C)Oc1ccc2c(c1)C(Cl)CC2. The van der Waals surface area contributed by atoms with Crippen LogP contribution >= 0.6 is 11.6 Å². The summed E-state index contributed by atoms with van der Waals surface area (Å²) >= 11 is 6.20. The van der Waals surface area contributed by atoms with Crippen molar-refractivity contribution in [2.24, 2.45) is 0 Å². The Bertz CT molecular complexity index is 333. The number of benzene rings is 1. The molecule has 14 heavy (non-hydrogen) atoms. The van der Waals surface area contributed by atoms with E-state index < -0.39 is 0 Å². The van der Waals surface area contributed by atoms with Gasteiger partial charge in [0, 0.05) is 0 Å². The van der Waals surface area contributed by atoms with Gasteiger partial charge < -0.3 is 4.74 Å². The smallest absolute Gasteiger partial charge is 0.120 e. The van der Waals surface area contributed by atoms with Crippen molar-refractivity contribution < 1.29 is 4.74 Å². The Hall–Kier alpha value is -0.690. The zero-order valence-electron chi connectivity index (χ0n) is 8.59. The largest absolute Gasteiger partial charge is 0.491 e. The predicted molar refractivity (Wildman–Crippen MR) is 59.1 cm³/mol. The lowest BCUT2D eigenvalue weighted by Crippen LogP contribution is -2.05. The van der Waals surface area contributed by atoms with Crippen molar-refractivity contribution in [1.29, 1.82) is 0 Å². The quantitative estimate of drug-likeness (QED) is 0.677. The highest BCUT2D eigenvalue weighted by atomic mass is 35.5. The monoisotopic (exact) mass is 210 g/mol. The zero-order chi connectivity index (χ0) is 10.1. The van der Waals surface area contributed by atoms with Crippen LogP contribution in [-0.2, 0) is 6.42 Å². The molecule has 0 heterocycles. The van der Waals surface area contributed by atoms with Gasteiger partial charge in [0.1, 0.15) is 5.75 Å². The second-order valence-electron chi connectivity index (χ2n) is 4.03. The second-order valence-corrected chi connectivity index (χ2v) is 4.56. The summed E-state index contributed by atoms with van der Waals surface area (Å²) in [5, 5.41) is 0.181. The van der Waals surface area contributed by atoms with E-state index in [0.29, 0.717) is 0 Å². The summed E-state index contributed by atoms with van der Waals surface area (Å²) in [5.74, 6) is 0.936. The molecule has 2 rings (SSSR count). The van der Waals surface area contributed by atoms with Crippen molar-refractivity contribution in [3.63, 3.8) is 0 Å². The molecular weight excluding hydrogens is 196 g/mol. The van der Waals surface area contributed by atoms with Crippen molar-refractivity contribution in [1.82, 2.24) is 0 Å². The van der Waals surface area contributed by atoms with E-state index in [2.05, 4.69) is 12.1 Å². The molecular formula is C12H15ClO. The molecule has 0 aromatic heterocycles. The minimum Gasteiger partial charge on any atom is -0.491 e. The lowest BCUT2D eigenvalue weighted by molar-refractivity contribution is 0.242. The summed E-state index contributed by atoms with van der Waals surface area (Å²) in [5.41, 5.74) is 2.63. The molecule has 1 aliphatic carbocycles. The number of fused-ring (bicyclic) bond motifs is 1. The van der Waals surface area contributed by atoms with Gasteiger partial charge in [0.2, 0.25) is 0 Å². The fourth-order valence-corrected chi connectivity index (χ4v) is 2.19. The molecule has 0 aliphatic heterocycles. The first kappa shape index (κ1) is 9.85. The minimum atomic E-state index is 0.181. The van der Waals surface area contributed by atoms with Gasteiger partial charge in [0.05, 0.1) is 11.5 Å². The van der Waals surface area contributed by atoms with E-state index in [-0.39, 0.29) is 11.5 Å². The van der Waals surface area contributed by atoms with E-state index in [1.807, 2.05) is 19.9 Å². The summed E-state index contributed by atoms with van der Waals surface area (Å²) in [6.07, 6.45) is 2.39. The molecule has 0 radical (unpaired) electrons. The summed E-state index contributed by atoms with van der Waals surface area (Å²) in [7, 11) is 0. The fourth-order valence-electron chi connectivity index (χ4n) is 1.88. The lowest BCUT2D eigenvalue weighted by Gasteiger charge is -2.11. The number of ether oxygens (including phenoxy) is 1. The normalized spacial score (nSPS) is 19.9.